The van der Waals surface area contributed by atoms with Gasteiger partial charge in [0, 0.05) is 0 Å². The van der Waals surface area contributed by atoms with Crippen LogP contribution in [0.3, 0.4) is 0 Å². The standard InChI is InChI=1S/C15H20BF3O2/c1-6-10-9-11(15(17,18)19)7-8-12(10)16-20-13(2,3)14(4,5)21-16/h7-9H,6H2,1-5H3. The van der Waals surface area contributed by atoms with Gasteiger partial charge < -0.3 is 9.31 Å². The average Bonchev–Trinajstić information content (AvgIpc) is 2.56. The molecule has 0 bridgehead atoms. The molecule has 0 unspecified atom stereocenters. The van der Waals surface area contributed by atoms with Crippen LogP contribution < -0.4 is 5.46 Å². The lowest BCUT2D eigenvalue weighted by molar-refractivity contribution is -0.137. The van der Waals surface area contributed by atoms with E-state index in [9.17, 15) is 13.2 Å². The van der Waals surface area contributed by atoms with Crippen molar-refractivity contribution in [2.45, 2.75) is 58.4 Å². The first kappa shape index (κ1) is 16.4. The molecule has 2 rings (SSSR count). The van der Waals surface area contributed by atoms with Crippen LogP contribution in [0.1, 0.15) is 45.7 Å². The highest BCUT2D eigenvalue weighted by Gasteiger charge is 2.52. The lowest BCUT2D eigenvalue weighted by atomic mass is 9.75. The second-order valence-electron chi connectivity index (χ2n) is 6.35. The minimum absolute atomic E-state index is 0.489. The molecule has 1 aliphatic rings. The van der Waals surface area contributed by atoms with Gasteiger partial charge in [0.05, 0.1) is 16.8 Å². The van der Waals surface area contributed by atoms with Crippen molar-refractivity contribution in [3.8, 4) is 0 Å². The van der Waals surface area contributed by atoms with Gasteiger partial charge in [-0.05, 0) is 51.2 Å². The summed E-state index contributed by atoms with van der Waals surface area (Å²) in [6, 6.07) is 3.73. The Kier molecular flexibility index (Phi) is 3.91. The third-order valence-electron chi connectivity index (χ3n) is 4.36. The highest BCUT2D eigenvalue weighted by atomic mass is 19.4. The molecule has 0 radical (unpaired) electrons. The zero-order valence-electron chi connectivity index (χ0n) is 13.0. The first-order valence-corrected chi connectivity index (χ1v) is 7.03. The van der Waals surface area contributed by atoms with Crippen LogP contribution in [0.15, 0.2) is 18.2 Å². The molecule has 0 amide bonds. The monoisotopic (exact) mass is 300 g/mol. The van der Waals surface area contributed by atoms with Crippen LogP contribution >= 0.6 is 0 Å². The Labute approximate surface area is 123 Å². The first-order chi connectivity index (χ1) is 9.48. The third kappa shape index (κ3) is 2.97. The number of alkyl halides is 3. The summed E-state index contributed by atoms with van der Waals surface area (Å²) >= 11 is 0. The molecule has 0 saturated carbocycles. The van der Waals surface area contributed by atoms with E-state index in [1.54, 1.807) is 0 Å². The maximum atomic E-state index is 12.8. The lowest BCUT2D eigenvalue weighted by Crippen LogP contribution is -2.41. The summed E-state index contributed by atoms with van der Waals surface area (Å²) in [5.41, 5.74) is -0.386. The molecule has 1 aromatic carbocycles. The van der Waals surface area contributed by atoms with E-state index in [2.05, 4.69) is 0 Å². The summed E-state index contributed by atoms with van der Waals surface area (Å²) in [6.45, 7) is 9.50. The number of benzene rings is 1. The molecular formula is C15H20BF3O2. The van der Waals surface area contributed by atoms with Crippen molar-refractivity contribution < 1.29 is 22.5 Å². The number of halogens is 3. The highest BCUT2D eigenvalue weighted by molar-refractivity contribution is 6.62. The maximum absolute atomic E-state index is 12.8. The fraction of sp³-hybridized carbons (Fsp3) is 0.600. The van der Waals surface area contributed by atoms with Crippen molar-refractivity contribution in [2.24, 2.45) is 0 Å². The lowest BCUT2D eigenvalue weighted by Gasteiger charge is -2.32. The van der Waals surface area contributed by atoms with E-state index in [0.717, 1.165) is 6.07 Å². The Morgan fingerprint density at radius 1 is 1.05 bits per heavy atom. The number of aryl methyl sites for hydroxylation is 1. The Hall–Kier alpha value is -1.01. The molecule has 0 N–H and O–H groups in total. The largest absolute Gasteiger partial charge is 0.495 e. The van der Waals surface area contributed by atoms with E-state index < -0.39 is 30.1 Å². The second-order valence-corrected chi connectivity index (χ2v) is 6.35. The Morgan fingerprint density at radius 3 is 2.00 bits per heavy atom. The summed E-state index contributed by atoms with van der Waals surface area (Å²) in [4.78, 5) is 0. The van der Waals surface area contributed by atoms with E-state index >= 15 is 0 Å². The predicted octanol–water partition coefficient (Wildman–Crippen LogP) is 3.57. The molecule has 21 heavy (non-hydrogen) atoms. The third-order valence-corrected chi connectivity index (χ3v) is 4.36. The van der Waals surface area contributed by atoms with Crippen molar-refractivity contribution in [1.29, 1.82) is 0 Å². The van der Waals surface area contributed by atoms with Gasteiger partial charge >= 0.3 is 13.3 Å². The van der Waals surface area contributed by atoms with Gasteiger partial charge in [-0.25, -0.2) is 0 Å². The minimum atomic E-state index is -4.33. The van der Waals surface area contributed by atoms with Crippen LogP contribution in [0.25, 0.3) is 0 Å². The molecule has 6 heteroatoms. The highest BCUT2D eigenvalue weighted by Crippen LogP contribution is 2.37. The molecule has 0 aliphatic carbocycles. The minimum Gasteiger partial charge on any atom is -0.399 e. The van der Waals surface area contributed by atoms with Gasteiger partial charge in [-0.1, -0.05) is 19.1 Å². The maximum Gasteiger partial charge on any atom is 0.495 e. The van der Waals surface area contributed by atoms with E-state index in [1.807, 2.05) is 34.6 Å². The fourth-order valence-electron chi connectivity index (χ4n) is 2.29. The summed E-state index contributed by atoms with van der Waals surface area (Å²) in [5.74, 6) is 0. The van der Waals surface area contributed by atoms with Gasteiger partial charge in [0.25, 0.3) is 0 Å². The van der Waals surface area contributed by atoms with E-state index in [4.69, 9.17) is 9.31 Å². The van der Waals surface area contributed by atoms with Crippen LogP contribution in [-0.2, 0) is 21.9 Å². The molecular weight excluding hydrogens is 280 g/mol. The molecule has 1 aliphatic heterocycles. The van der Waals surface area contributed by atoms with Gasteiger partial charge in [0.2, 0.25) is 0 Å². The zero-order chi connectivity index (χ0) is 16.1. The predicted molar refractivity (Wildman–Crippen MR) is 76.5 cm³/mol. The van der Waals surface area contributed by atoms with Crippen molar-refractivity contribution in [2.75, 3.05) is 0 Å². The van der Waals surface area contributed by atoms with Crippen molar-refractivity contribution in [1.82, 2.24) is 0 Å². The Morgan fingerprint density at radius 2 is 1.57 bits per heavy atom. The van der Waals surface area contributed by atoms with Crippen LogP contribution in [0.2, 0.25) is 0 Å². The van der Waals surface area contributed by atoms with Crippen LogP contribution in [0.5, 0.6) is 0 Å². The van der Waals surface area contributed by atoms with Gasteiger partial charge in [0.15, 0.2) is 0 Å². The summed E-state index contributed by atoms with van der Waals surface area (Å²) in [6.07, 6.45) is -3.85. The smallest absolute Gasteiger partial charge is 0.399 e. The topological polar surface area (TPSA) is 18.5 Å². The molecule has 0 spiro atoms. The van der Waals surface area contributed by atoms with Gasteiger partial charge in [-0.3, -0.25) is 0 Å². The fourth-order valence-corrected chi connectivity index (χ4v) is 2.29. The van der Waals surface area contributed by atoms with Crippen molar-refractivity contribution in [3.05, 3.63) is 29.3 Å². The average molecular weight is 300 g/mol. The van der Waals surface area contributed by atoms with Gasteiger partial charge in [-0.2, -0.15) is 13.2 Å². The van der Waals surface area contributed by atoms with Crippen molar-refractivity contribution in [3.63, 3.8) is 0 Å². The molecule has 2 nitrogen and oxygen atoms in total. The Bertz CT molecular complexity index is 522. The SMILES string of the molecule is CCc1cc(C(F)(F)F)ccc1B1OC(C)(C)C(C)(C)O1. The summed E-state index contributed by atoms with van der Waals surface area (Å²) in [5, 5.41) is 0. The van der Waals surface area contributed by atoms with E-state index in [-0.39, 0.29) is 0 Å². The number of hydrogen-bond donors (Lipinski definition) is 0. The molecule has 116 valence electrons. The normalized spacial score (nSPS) is 20.9. The zero-order valence-corrected chi connectivity index (χ0v) is 13.0. The van der Waals surface area contributed by atoms with Crippen LogP contribution in [0, 0.1) is 0 Å². The number of rotatable bonds is 2. The van der Waals surface area contributed by atoms with Gasteiger partial charge in [0.1, 0.15) is 0 Å². The first-order valence-electron chi connectivity index (χ1n) is 7.03. The molecule has 1 heterocycles. The van der Waals surface area contributed by atoms with Crippen LogP contribution in [-0.4, -0.2) is 18.3 Å². The van der Waals surface area contributed by atoms with Crippen LogP contribution in [0.4, 0.5) is 13.2 Å². The molecule has 1 saturated heterocycles. The molecule has 0 aromatic heterocycles. The molecule has 0 atom stereocenters. The Balaban J connectivity index is 2.38. The molecule has 1 aromatic rings. The van der Waals surface area contributed by atoms with Gasteiger partial charge in [-0.15, -0.1) is 0 Å². The quantitative estimate of drug-likeness (QED) is 0.777. The summed E-state index contributed by atoms with van der Waals surface area (Å²) < 4.78 is 50.2. The number of hydrogen-bond acceptors (Lipinski definition) is 2. The summed E-state index contributed by atoms with van der Waals surface area (Å²) in [7, 11) is -0.632. The van der Waals surface area contributed by atoms with Crippen molar-refractivity contribution >= 4 is 12.6 Å². The molecule has 1 fully saturated rings. The van der Waals surface area contributed by atoms with E-state index in [1.165, 1.54) is 12.1 Å². The van der Waals surface area contributed by atoms with E-state index in [0.29, 0.717) is 17.4 Å². The second kappa shape index (κ2) is 5.02.